The summed E-state index contributed by atoms with van der Waals surface area (Å²) in [6.45, 7) is 3.09. The van der Waals surface area contributed by atoms with Crippen molar-refractivity contribution >= 4 is 23.4 Å². The van der Waals surface area contributed by atoms with Crippen molar-refractivity contribution in [2.75, 3.05) is 43.7 Å². The summed E-state index contributed by atoms with van der Waals surface area (Å²) in [5, 5.41) is 0.425. The van der Waals surface area contributed by atoms with Crippen LogP contribution in [0.1, 0.15) is 0 Å². The lowest BCUT2D eigenvalue weighted by Gasteiger charge is -2.27. The van der Waals surface area contributed by atoms with Gasteiger partial charge in [0.15, 0.2) is 0 Å². The second kappa shape index (κ2) is 5.29. The lowest BCUT2D eigenvalue weighted by atomic mass is 10.4. The molecule has 7 heteroatoms. The number of ether oxygens (including phenoxy) is 1. The van der Waals surface area contributed by atoms with Crippen LogP contribution in [-0.4, -0.2) is 43.3 Å². The van der Waals surface area contributed by atoms with Gasteiger partial charge in [0.1, 0.15) is 11.0 Å². The third kappa shape index (κ3) is 2.72. The molecule has 2 heterocycles. The molecule has 1 aromatic heterocycles. The van der Waals surface area contributed by atoms with E-state index in [0.29, 0.717) is 11.1 Å². The Balaban J connectivity index is 2.18. The van der Waals surface area contributed by atoms with E-state index in [1.54, 1.807) is 13.1 Å². The summed E-state index contributed by atoms with van der Waals surface area (Å²) >= 11 is 5.93. The molecule has 0 bridgehead atoms. The van der Waals surface area contributed by atoms with Crippen LogP contribution in [0.5, 0.6) is 0 Å². The van der Waals surface area contributed by atoms with Gasteiger partial charge in [-0.15, -0.1) is 0 Å². The number of hydrogen-bond donors (Lipinski definition) is 2. The number of nitrogens with one attached hydrogen (secondary N) is 2. The average molecular weight is 244 g/mol. The molecule has 2 N–H and O–H groups in total. The van der Waals surface area contributed by atoms with Crippen LogP contribution < -0.4 is 15.8 Å². The maximum Gasteiger partial charge on any atom is 0.240 e. The van der Waals surface area contributed by atoms with E-state index in [1.165, 1.54) is 0 Å². The minimum Gasteiger partial charge on any atom is -0.378 e. The minimum atomic E-state index is 0.425. The van der Waals surface area contributed by atoms with Gasteiger partial charge in [-0.3, -0.25) is 5.43 Å². The molecular weight excluding hydrogens is 230 g/mol. The monoisotopic (exact) mass is 243 g/mol. The van der Waals surface area contributed by atoms with Gasteiger partial charge in [-0.2, -0.15) is 9.97 Å². The summed E-state index contributed by atoms with van der Waals surface area (Å²) < 4.78 is 5.28. The van der Waals surface area contributed by atoms with E-state index in [1.807, 2.05) is 0 Å². The predicted octanol–water partition coefficient (Wildman–Crippen LogP) is 0.513. The van der Waals surface area contributed by atoms with E-state index in [4.69, 9.17) is 16.3 Å². The number of rotatable bonds is 3. The molecule has 1 saturated heterocycles. The Hall–Kier alpha value is -1.11. The molecule has 0 radical (unpaired) electrons. The van der Waals surface area contributed by atoms with Crippen LogP contribution in [0.3, 0.4) is 0 Å². The van der Waals surface area contributed by atoms with Gasteiger partial charge in [0.05, 0.1) is 13.2 Å². The smallest absolute Gasteiger partial charge is 0.240 e. The van der Waals surface area contributed by atoms with Crippen molar-refractivity contribution in [1.82, 2.24) is 15.4 Å². The quantitative estimate of drug-likeness (QED) is 0.596. The first-order valence-electron chi connectivity index (χ1n) is 5.09. The zero-order valence-electron chi connectivity index (χ0n) is 9.03. The second-order valence-corrected chi connectivity index (χ2v) is 3.73. The van der Waals surface area contributed by atoms with Gasteiger partial charge in [-0.1, -0.05) is 11.6 Å². The minimum absolute atomic E-state index is 0.425. The van der Waals surface area contributed by atoms with E-state index >= 15 is 0 Å². The van der Waals surface area contributed by atoms with E-state index in [0.717, 1.165) is 32.1 Å². The zero-order chi connectivity index (χ0) is 11.4. The number of anilines is 2. The third-order valence-electron chi connectivity index (χ3n) is 2.25. The summed E-state index contributed by atoms with van der Waals surface area (Å²) in [6.07, 6.45) is 0. The lowest BCUT2D eigenvalue weighted by molar-refractivity contribution is 0.122. The fraction of sp³-hybridized carbons (Fsp3) is 0.556. The second-order valence-electron chi connectivity index (χ2n) is 3.35. The van der Waals surface area contributed by atoms with Crippen molar-refractivity contribution in [2.45, 2.75) is 0 Å². The predicted molar refractivity (Wildman–Crippen MR) is 62.8 cm³/mol. The fourth-order valence-corrected chi connectivity index (χ4v) is 1.71. The maximum absolute atomic E-state index is 5.93. The molecule has 2 rings (SSSR count). The van der Waals surface area contributed by atoms with Crippen LogP contribution in [-0.2, 0) is 4.74 Å². The molecule has 1 aliphatic heterocycles. The van der Waals surface area contributed by atoms with Crippen LogP contribution in [0, 0.1) is 0 Å². The maximum atomic E-state index is 5.93. The Bertz CT molecular complexity index is 356. The van der Waals surface area contributed by atoms with Crippen molar-refractivity contribution in [3.05, 3.63) is 11.2 Å². The summed E-state index contributed by atoms with van der Waals surface area (Å²) in [5.74, 6) is 1.29. The summed E-state index contributed by atoms with van der Waals surface area (Å²) in [5.41, 5.74) is 5.58. The van der Waals surface area contributed by atoms with Gasteiger partial charge in [0.25, 0.3) is 0 Å². The third-order valence-corrected chi connectivity index (χ3v) is 2.45. The van der Waals surface area contributed by atoms with Crippen molar-refractivity contribution in [2.24, 2.45) is 0 Å². The van der Waals surface area contributed by atoms with Crippen LogP contribution in [0.2, 0.25) is 5.15 Å². The molecule has 16 heavy (non-hydrogen) atoms. The van der Waals surface area contributed by atoms with Gasteiger partial charge < -0.3 is 9.64 Å². The topological polar surface area (TPSA) is 62.3 Å². The number of nitrogens with zero attached hydrogens (tertiary/aromatic N) is 3. The number of hydrogen-bond acceptors (Lipinski definition) is 6. The van der Waals surface area contributed by atoms with Gasteiger partial charge in [-0.05, 0) is 0 Å². The molecule has 0 amide bonds. The Kier molecular flexibility index (Phi) is 3.76. The number of morpholine rings is 1. The van der Waals surface area contributed by atoms with E-state index in [-0.39, 0.29) is 0 Å². The standard InChI is InChI=1S/C9H14ClN5O/c1-11-14-9-12-7(10)6-8(13-9)15-2-4-16-5-3-15/h6,11H,2-5H2,1H3,(H,12,13,14). The van der Waals surface area contributed by atoms with E-state index < -0.39 is 0 Å². The van der Waals surface area contributed by atoms with Crippen molar-refractivity contribution in [1.29, 1.82) is 0 Å². The van der Waals surface area contributed by atoms with Crippen molar-refractivity contribution in [3.63, 3.8) is 0 Å². The van der Waals surface area contributed by atoms with Gasteiger partial charge >= 0.3 is 0 Å². The highest BCUT2D eigenvalue weighted by molar-refractivity contribution is 6.29. The normalized spacial score (nSPS) is 16.2. The molecule has 1 fully saturated rings. The summed E-state index contributed by atoms with van der Waals surface area (Å²) in [4.78, 5) is 10.5. The molecule has 88 valence electrons. The largest absolute Gasteiger partial charge is 0.378 e. The highest BCUT2D eigenvalue weighted by atomic mass is 35.5. The van der Waals surface area contributed by atoms with Gasteiger partial charge in [0.2, 0.25) is 5.95 Å². The molecule has 0 atom stereocenters. The Morgan fingerprint density at radius 2 is 2.12 bits per heavy atom. The molecular formula is C9H14ClN5O. The Morgan fingerprint density at radius 1 is 1.38 bits per heavy atom. The van der Waals surface area contributed by atoms with Crippen molar-refractivity contribution < 1.29 is 4.74 Å². The van der Waals surface area contributed by atoms with Crippen LogP contribution >= 0.6 is 11.6 Å². The SMILES string of the molecule is CNNc1nc(Cl)cc(N2CCOCC2)n1. The number of aromatic nitrogens is 2. The highest BCUT2D eigenvalue weighted by Gasteiger charge is 2.14. The zero-order valence-corrected chi connectivity index (χ0v) is 9.79. The molecule has 1 aromatic rings. The van der Waals surface area contributed by atoms with Gasteiger partial charge in [-0.25, -0.2) is 5.43 Å². The van der Waals surface area contributed by atoms with Gasteiger partial charge in [0, 0.05) is 26.2 Å². The molecule has 0 aliphatic carbocycles. The summed E-state index contributed by atoms with van der Waals surface area (Å²) in [7, 11) is 1.75. The first kappa shape index (κ1) is 11.4. The Morgan fingerprint density at radius 3 is 2.81 bits per heavy atom. The van der Waals surface area contributed by atoms with Crippen molar-refractivity contribution in [3.8, 4) is 0 Å². The molecule has 0 spiro atoms. The molecule has 6 nitrogen and oxygen atoms in total. The molecule has 1 aliphatic rings. The first-order valence-corrected chi connectivity index (χ1v) is 5.47. The van der Waals surface area contributed by atoms with Crippen LogP contribution in [0.15, 0.2) is 6.07 Å². The molecule has 0 saturated carbocycles. The Labute approximate surface area is 98.9 Å². The van der Waals surface area contributed by atoms with E-state index in [9.17, 15) is 0 Å². The first-order chi connectivity index (χ1) is 7.79. The summed E-state index contributed by atoms with van der Waals surface area (Å²) in [6, 6.07) is 1.76. The fourth-order valence-electron chi connectivity index (χ4n) is 1.53. The lowest BCUT2D eigenvalue weighted by Crippen LogP contribution is -2.37. The number of halogens is 1. The molecule has 0 aromatic carbocycles. The highest BCUT2D eigenvalue weighted by Crippen LogP contribution is 2.18. The van der Waals surface area contributed by atoms with Crippen LogP contribution in [0.4, 0.5) is 11.8 Å². The average Bonchev–Trinajstić information content (AvgIpc) is 2.30. The molecule has 0 unspecified atom stereocenters. The number of hydrazine groups is 1. The van der Waals surface area contributed by atoms with Crippen LogP contribution in [0.25, 0.3) is 0 Å². The van der Waals surface area contributed by atoms with E-state index in [2.05, 4.69) is 25.7 Å².